The Morgan fingerprint density at radius 1 is 1.17 bits per heavy atom. The molecule has 0 spiro atoms. The number of rotatable bonds is 2. The average molecular weight is 244 g/mol. The van der Waals surface area contributed by atoms with Gasteiger partial charge in [0.2, 0.25) is 5.91 Å². The number of piperidine rings is 1. The lowest BCUT2D eigenvalue weighted by molar-refractivity contribution is -0.117. The van der Waals surface area contributed by atoms with Crippen molar-refractivity contribution >= 4 is 11.6 Å². The van der Waals surface area contributed by atoms with Crippen molar-refractivity contribution in [3.63, 3.8) is 0 Å². The molecule has 3 heteroatoms. The van der Waals surface area contributed by atoms with Gasteiger partial charge in [0.1, 0.15) is 0 Å². The highest BCUT2D eigenvalue weighted by atomic mass is 16.2. The molecule has 0 atom stereocenters. The van der Waals surface area contributed by atoms with Gasteiger partial charge in [-0.05, 0) is 49.9 Å². The molecule has 96 valence electrons. The largest absolute Gasteiger partial charge is 0.317 e. The molecule has 3 rings (SSSR count). The molecule has 3 nitrogen and oxygen atoms in total. The van der Waals surface area contributed by atoms with Crippen LogP contribution in [0, 0.1) is 0 Å². The van der Waals surface area contributed by atoms with E-state index < -0.39 is 0 Å². The maximum atomic E-state index is 11.9. The van der Waals surface area contributed by atoms with Crippen LogP contribution in [-0.2, 0) is 4.79 Å². The van der Waals surface area contributed by atoms with Crippen LogP contribution in [0.15, 0.2) is 24.3 Å². The van der Waals surface area contributed by atoms with E-state index in [-0.39, 0.29) is 5.91 Å². The molecule has 0 bridgehead atoms. The summed E-state index contributed by atoms with van der Waals surface area (Å²) in [5, 5.41) is 3.40. The summed E-state index contributed by atoms with van der Waals surface area (Å²) in [4.78, 5) is 13.9. The molecule has 2 aliphatic rings. The first-order chi connectivity index (χ1) is 8.86. The second-order valence-corrected chi connectivity index (χ2v) is 5.23. The van der Waals surface area contributed by atoms with E-state index in [1.807, 2.05) is 11.0 Å². The number of nitrogens with zero attached hydrogens (tertiary/aromatic N) is 1. The van der Waals surface area contributed by atoms with Crippen molar-refractivity contribution in [2.45, 2.75) is 31.6 Å². The smallest absolute Gasteiger partial charge is 0.227 e. The molecule has 1 aromatic carbocycles. The SMILES string of the molecule is O=C1CCCN1c1ccccc1C1CCNCC1. The van der Waals surface area contributed by atoms with Crippen LogP contribution in [0.4, 0.5) is 5.69 Å². The molecule has 0 aliphatic carbocycles. The fraction of sp³-hybridized carbons (Fsp3) is 0.533. The summed E-state index contributed by atoms with van der Waals surface area (Å²) in [5.74, 6) is 0.896. The van der Waals surface area contributed by atoms with Crippen molar-refractivity contribution in [1.29, 1.82) is 0 Å². The van der Waals surface area contributed by atoms with Crippen molar-refractivity contribution in [3.8, 4) is 0 Å². The Kier molecular flexibility index (Phi) is 3.33. The number of para-hydroxylation sites is 1. The third kappa shape index (κ3) is 2.15. The molecule has 0 aromatic heterocycles. The van der Waals surface area contributed by atoms with Gasteiger partial charge in [-0.1, -0.05) is 18.2 Å². The number of amides is 1. The van der Waals surface area contributed by atoms with E-state index in [0.29, 0.717) is 12.3 Å². The van der Waals surface area contributed by atoms with Gasteiger partial charge in [-0.25, -0.2) is 0 Å². The van der Waals surface area contributed by atoms with Gasteiger partial charge in [0.25, 0.3) is 0 Å². The molecular weight excluding hydrogens is 224 g/mol. The summed E-state index contributed by atoms with van der Waals surface area (Å²) in [5.41, 5.74) is 2.53. The van der Waals surface area contributed by atoms with Crippen LogP contribution < -0.4 is 10.2 Å². The van der Waals surface area contributed by atoms with Gasteiger partial charge in [0.05, 0.1) is 0 Å². The van der Waals surface area contributed by atoms with Gasteiger partial charge in [-0.3, -0.25) is 4.79 Å². The number of nitrogens with one attached hydrogen (secondary N) is 1. The number of anilines is 1. The zero-order valence-corrected chi connectivity index (χ0v) is 10.7. The van der Waals surface area contributed by atoms with Gasteiger partial charge in [-0.15, -0.1) is 0 Å². The number of carbonyl (C=O) groups is 1. The van der Waals surface area contributed by atoms with E-state index >= 15 is 0 Å². The van der Waals surface area contributed by atoms with E-state index in [1.165, 1.54) is 18.4 Å². The second-order valence-electron chi connectivity index (χ2n) is 5.23. The highest BCUT2D eigenvalue weighted by molar-refractivity contribution is 5.96. The van der Waals surface area contributed by atoms with Gasteiger partial charge in [0.15, 0.2) is 0 Å². The maximum absolute atomic E-state index is 11.9. The Hall–Kier alpha value is -1.35. The minimum absolute atomic E-state index is 0.288. The van der Waals surface area contributed by atoms with E-state index in [0.717, 1.165) is 31.7 Å². The molecule has 2 fully saturated rings. The van der Waals surface area contributed by atoms with Gasteiger partial charge >= 0.3 is 0 Å². The molecule has 18 heavy (non-hydrogen) atoms. The average Bonchev–Trinajstić information content (AvgIpc) is 2.86. The van der Waals surface area contributed by atoms with Gasteiger partial charge < -0.3 is 10.2 Å². The molecule has 1 aromatic rings. The molecule has 1 N–H and O–H groups in total. The zero-order valence-electron chi connectivity index (χ0n) is 10.7. The lowest BCUT2D eigenvalue weighted by Crippen LogP contribution is -2.29. The molecule has 0 saturated carbocycles. The third-order valence-corrected chi connectivity index (χ3v) is 4.08. The fourth-order valence-corrected chi connectivity index (χ4v) is 3.11. The minimum atomic E-state index is 0.288. The van der Waals surface area contributed by atoms with Crippen molar-refractivity contribution in [3.05, 3.63) is 29.8 Å². The van der Waals surface area contributed by atoms with Crippen LogP contribution in [0.25, 0.3) is 0 Å². The fourth-order valence-electron chi connectivity index (χ4n) is 3.11. The summed E-state index contributed by atoms with van der Waals surface area (Å²) in [6.07, 6.45) is 4.07. The predicted molar refractivity (Wildman–Crippen MR) is 72.9 cm³/mol. The Morgan fingerprint density at radius 3 is 2.67 bits per heavy atom. The van der Waals surface area contributed by atoms with Crippen LogP contribution >= 0.6 is 0 Å². The Labute approximate surface area is 108 Å². The van der Waals surface area contributed by atoms with Crippen molar-refractivity contribution in [1.82, 2.24) is 5.32 Å². The standard InChI is InChI=1S/C15H20N2O/c18-15-6-3-11-17(15)14-5-2-1-4-13(14)12-7-9-16-10-8-12/h1-2,4-5,12,16H,3,6-11H2. The normalized spacial score (nSPS) is 21.6. The first-order valence-electron chi connectivity index (χ1n) is 6.96. The Balaban J connectivity index is 1.91. The Bertz CT molecular complexity index is 438. The molecule has 0 radical (unpaired) electrons. The molecule has 0 unspecified atom stereocenters. The second kappa shape index (κ2) is 5.11. The Morgan fingerprint density at radius 2 is 1.94 bits per heavy atom. The zero-order chi connectivity index (χ0) is 12.4. The quantitative estimate of drug-likeness (QED) is 0.865. The first kappa shape index (κ1) is 11.7. The third-order valence-electron chi connectivity index (χ3n) is 4.08. The maximum Gasteiger partial charge on any atom is 0.227 e. The molecule has 2 heterocycles. The monoisotopic (exact) mass is 244 g/mol. The predicted octanol–water partition coefficient (Wildman–Crippen LogP) is 2.28. The van der Waals surface area contributed by atoms with Crippen molar-refractivity contribution in [2.75, 3.05) is 24.5 Å². The van der Waals surface area contributed by atoms with Crippen molar-refractivity contribution in [2.24, 2.45) is 0 Å². The van der Waals surface area contributed by atoms with Gasteiger partial charge in [-0.2, -0.15) is 0 Å². The number of hydrogen-bond acceptors (Lipinski definition) is 2. The van der Waals surface area contributed by atoms with E-state index in [9.17, 15) is 4.79 Å². The highest BCUT2D eigenvalue weighted by Crippen LogP contribution is 2.34. The van der Waals surface area contributed by atoms with Crippen LogP contribution in [-0.4, -0.2) is 25.5 Å². The lowest BCUT2D eigenvalue weighted by atomic mass is 9.89. The molecule has 1 amide bonds. The molecule has 2 aliphatic heterocycles. The minimum Gasteiger partial charge on any atom is -0.317 e. The molecular formula is C15H20N2O. The summed E-state index contributed by atoms with van der Waals surface area (Å²) in [7, 11) is 0. The highest BCUT2D eigenvalue weighted by Gasteiger charge is 2.26. The van der Waals surface area contributed by atoms with E-state index in [1.54, 1.807) is 0 Å². The first-order valence-corrected chi connectivity index (χ1v) is 6.96. The summed E-state index contributed by atoms with van der Waals surface area (Å²) < 4.78 is 0. The van der Waals surface area contributed by atoms with Crippen LogP contribution in [0.1, 0.15) is 37.2 Å². The van der Waals surface area contributed by atoms with Crippen LogP contribution in [0.3, 0.4) is 0 Å². The van der Waals surface area contributed by atoms with Gasteiger partial charge in [0, 0.05) is 18.7 Å². The summed E-state index contributed by atoms with van der Waals surface area (Å²) in [6.45, 7) is 3.07. The summed E-state index contributed by atoms with van der Waals surface area (Å²) in [6, 6.07) is 8.46. The van der Waals surface area contributed by atoms with E-state index in [4.69, 9.17) is 0 Å². The topological polar surface area (TPSA) is 32.3 Å². The van der Waals surface area contributed by atoms with E-state index in [2.05, 4.69) is 23.5 Å². The summed E-state index contributed by atoms with van der Waals surface area (Å²) >= 11 is 0. The van der Waals surface area contributed by atoms with Crippen molar-refractivity contribution < 1.29 is 4.79 Å². The van der Waals surface area contributed by atoms with Crippen LogP contribution in [0.5, 0.6) is 0 Å². The number of hydrogen-bond donors (Lipinski definition) is 1. The van der Waals surface area contributed by atoms with Crippen LogP contribution in [0.2, 0.25) is 0 Å². The lowest BCUT2D eigenvalue weighted by Gasteiger charge is -2.28. The number of benzene rings is 1. The number of carbonyl (C=O) groups excluding carboxylic acids is 1. The molecule has 2 saturated heterocycles.